The summed E-state index contributed by atoms with van der Waals surface area (Å²) in [6, 6.07) is 0. The quantitative estimate of drug-likeness (QED) is 0.0922. The predicted molar refractivity (Wildman–Crippen MR) is 116 cm³/mol. The van der Waals surface area contributed by atoms with Gasteiger partial charge in [-0.3, -0.25) is 0 Å². The van der Waals surface area contributed by atoms with Gasteiger partial charge in [-0.15, -0.1) is 0 Å². The van der Waals surface area contributed by atoms with Gasteiger partial charge in [0.1, 0.15) is 5.60 Å². The summed E-state index contributed by atoms with van der Waals surface area (Å²) in [6.45, 7) is 7.94. The van der Waals surface area contributed by atoms with E-state index in [0.29, 0.717) is 6.42 Å². The third-order valence-corrected chi connectivity index (χ3v) is 5.81. The SMILES string of the molecule is CCCCCCCCCCCCCCCCCC1(OC(=O)OC(C)(C)CC)OO1. The minimum Gasteiger partial charge on any atom is -0.428 e. The van der Waals surface area contributed by atoms with Gasteiger partial charge < -0.3 is 9.47 Å². The van der Waals surface area contributed by atoms with Gasteiger partial charge in [0.05, 0.1) is 0 Å². The predicted octanol–water partition coefficient (Wildman–Crippen LogP) is 8.21. The third kappa shape index (κ3) is 13.9. The fourth-order valence-corrected chi connectivity index (χ4v) is 3.37. The molecule has 0 aliphatic carbocycles. The summed E-state index contributed by atoms with van der Waals surface area (Å²) in [5.41, 5.74) is -0.540. The second kappa shape index (κ2) is 15.1. The highest BCUT2D eigenvalue weighted by Gasteiger charge is 2.54. The van der Waals surface area contributed by atoms with E-state index in [1.807, 2.05) is 20.8 Å². The van der Waals surface area contributed by atoms with Gasteiger partial charge in [-0.2, -0.15) is 9.78 Å². The number of unbranched alkanes of at least 4 members (excludes halogenated alkanes) is 14. The molecule has 0 saturated carbocycles. The van der Waals surface area contributed by atoms with Crippen molar-refractivity contribution in [1.29, 1.82) is 0 Å². The molecular formula is C24H46O5. The van der Waals surface area contributed by atoms with Crippen LogP contribution in [0.1, 0.15) is 137 Å². The molecule has 1 saturated heterocycles. The maximum atomic E-state index is 11.8. The lowest BCUT2D eigenvalue weighted by Gasteiger charge is -2.22. The number of rotatable bonds is 19. The Morgan fingerprint density at radius 2 is 1.14 bits per heavy atom. The van der Waals surface area contributed by atoms with Crippen molar-refractivity contribution in [2.45, 2.75) is 148 Å². The van der Waals surface area contributed by atoms with Crippen molar-refractivity contribution < 1.29 is 24.0 Å². The molecule has 0 atom stereocenters. The average Bonchev–Trinajstić information content (AvgIpc) is 3.43. The van der Waals surface area contributed by atoms with Crippen LogP contribution in [0.25, 0.3) is 0 Å². The Kier molecular flexibility index (Phi) is 13.6. The van der Waals surface area contributed by atoms with Crippen LogP contribution < -0.4 is 0 Å². The largest absolute Gasteiger partial charge is 0.513 e. The fraction of sp³-hybridized carbons (Fsp3) is 0.958. The van der Waals surface area contributed by atoms with Crippen LogP contribution in [-0.4, -0.2) is 17.7 Å². The number of carbonyl (C=O) groups excluding carboxylic acids is 1. The molecule has 0 radical (unpaired) electrons. The Bertz CT molecular complexity index is 417. The maximum absolute atomic E-state index is 11.8. The van der Waals surface area contributed by atoms with Gasteiger partial charge in [-0.05, 0) is 26.7 Å². The first-order chi connectivity index (χ1) is 13.9. The van der Waals surface area contributed by atoms with Crippen LogP contribution in [0.3, 0.4) is 0 Å². The second-order valence-electron chi connectivity index (χ2n) is 9.12. The summed E-state index contributed by atoms with van der Waals surface area (Å²) in [4.78, 5) is 21.7. The molecule has 1 aliphatic heterocycles. The number of hydrogen-bond acceptors (Lipinski definition) is 5. The monoisotopic (exact) mass is 414 g/mol. The van der Waals surface area contributed by atoms with E-state index in [1.54, 1.807) is 0 Å². The molecule has 1 rings (SSSR count). The summed E-state index contributed by atoms with van der Waals surface area (Å²) in [5.74, 6) is -1.20. The second-order valence-corrected chi connectivity index (χ2v) is 9.12. The highest BCUT2D eigenvalue weighted by Crippen LogP contribution is 2.37. The molecule has 0 aromatic heterocycles. The molecule has 0 bridgehead atoms. The van der Waals surface area contributed by atoms with Crippen molar-refractivity contribution in [1.82, 2.24) is 0 Å². The van der Waals surface area contributed by atoms with Crippen molar-refractivity contribution in [2.75, 3.05) is 0 Å². The van der Waals surface area contributed by atoms with Gasteiger partial charge in [-0.25, -0.2) is 4.79 Å². The molecule has 5 heteroatoms. The van der Waals surface area contributed by atoms with Gasteiger partial charge >= 0.3 is 12.1 Å². The van der Waals surface area contributed by atoms with Gasteiger partial charge in [0.15, 0.2) is 0 Å². The van der Waals surface area contributed by atoms with Gasteiger partial charge in [0.25, 0.3) is 0 Å². The molecule has 0 aromatic rings. The molecule has 1 fully saturated rings. The molecule has 1 aliphatic rings. The van der Waals surface area contributed by atoms with Crippen molar-refractivity contribution in [2.24, 2.45) is 0 Å². The first-order valence-electron chi connectivity index (χ1n) is 12.2. The molecule has 0 spiro atoms. The van der Waals surface area contributed by atoms with Crippen molar-refractivity contribution in [3.63, 3.8) is 0 Å². The zero-order valence-electron chi connectivity index (χ0n) is 19.6. The van der Waals surface area contributed by atoms with E-state index in [0.717, 1.165) is 19.3 Å². The van der Waals surface area contributed by atoms with Gasteiger partial charge in [0.2, 0.25) is 0 Å². The Balaban J connectivity index is 1.88. The van der Waals surface area contributed by atoms with Crippen LogP contribution in [0.4, 0.5) is 4.79 Å². The summed E-state index contributed by atoms with van der Waals surface area (Å²) in [7, 11) is 0. The van der Waals surface area contributed by atoms with E-state index in [9.17, 15) is 4.79 Å². The Labute approximate surface area is 179 Å². The van der Waals surface area contributed by atoms with E-state index in [-0.39, 0.29) is 0 Å². The Morgan fingerprint density at radius 1 is 0.724 bits per heavy atom. The molecule has 1 heterocycles. The molecule has 0 amide bonds. The Hall–Kier alpha value is -0.810. The molecule has 172 valence electrons. The lowest BCUT2D eigenvalue weighted by molar-refractivity contribution is -0.0802. The standard InChI is InChI=1S/C24H46O5/c1-5-7-8-9-10-11-12-13-14-15-16-17-18-19-20-21-24(28-29-24)27-22(25)26-23(3,4)6-2/h5-21H2,1-4H3. The summed E-state index contributed by atoms with van der Waals surface area (Å²) < 4.78 is 10.5. The minimum atomic E-state index is -1.20. The van der Waals surface area contributed by atoms with E-state index in [1.165, 1.54) is 83.5 Å². The summed E-state index contributed by atoms with van der Waals surface area (Å²) in [6.07, 6.45) is 20.3. The van der Waals surface area contributed by atoms with E-state index < -0.39 is 17.7 Å². The molecule has 5 nitrogen and oxygen atoms in total. The van der Waals surface area contributed by atoms with Crippen LogP contribution in [0.5, 0.6) is 0 Å². The first kappa shape index (κ1) is 26.2. The number of ether oxygens (including phenoxy) is 2. The number of carbonyl (C=O) groups is 1. The molecular weight excluding hydrogens is 368 g/mol. The average molecular weight is 415 g/mol. The highest BCUT2D eigenvalue weighted by molar-refractivity contribution is 5.61. The van der Waals surface area contributed by atoms with Crippen LogP contribution in [0, 0.1) is 0 Å². The van der Waals surface area contributed by atoms with Crippen molar-refractivity contribution in [3.8, 4) is 0 Å². The zero-order valence-corrected chi connectivity index (χ0v) is 19.6. The normalized spacial score (nSPS) is 15.3. The summed E-state index contributed by atoms with van der Waals surface area (Å²) >= 11 is 0. The van der Waals surface area contributed by atoms with Crippen LogP contribution in [0.2, 0.25) is 0 Å². The maximum Gasteiger partial charge on any atom is 0.513 e. The molecule has 0 unspecified atom stereocenters. The van der Waals surface area contributed by atoms with Crippen molar-refractivity contribution >= 4 is 6.16 Å². The Morgan fingerprint density at radius 3 is 1.52 bits per heavy atom. The highest BCUT2D eigenvalue weighted by atomic mass is 17.5. The topological polar surface area (TPSA) is 60.6 Å². The van der Waals surface area contributed by atoms with E-state index >= 15 is 0 Å². The van der Waals surface area contributed by atoms with Gasteiger partial charge in [-0.1, -0.05) is 104 Å². The summed E-state index contributed by atoms with van der Waals surface area (Å²) in [5, 5.41) is 0. The molecule has 29 heavy (non-hydrogen) atoms. The minimum absolute atomic E-state index is 0.540. The van der Waals surface area contributed by atoms with Crippen LogP contribution in [-0.2, 0) is 19.2 Å². The molecule has 0 aromatic carbocycles. The van der Waals surface area contributed by atoms with Crippen molar-refractivity contribution in [3.05, 3.63) is 0 Å². The lowest BCUT2D eigenvalue weighted by atomic mass is 10.0. The first-order valence-corrected chi connectivity index (χ1v) is 12.2. The van der Waals surface area contributed by atoms with Crippen LogP contribution >= 0.6 is 0 Å². The third-order valence-electron chi connectivity index (χ3n) is 5.81. The lowest BCUT2D eigenvalue weighted by Crippen LogP contribution is -2.31. The van der Waals surface area contributed by atoms with Gasteiger partial charge in [0, 0.05) is 6.42 Å². The smallest absolute Gasteiger partial charge is 0.428 e. The fourth-order valence-electron chi connectivity index (χ4n) is 3.37. The zero-order chi connectivity index (χ0) is 21.4. The molecule has 0 N–H and O–H groups in total. The van der Waals surface area contributed by atoms with E-state index in [4.69, 9.17) is 19.2 Å². The van der Waals surface area contributed by atoms with E-state index in [2.05, 4.69) is 6.92 Å². The van der Waals surface area contributed by atoms with Crippen LogP contribution in [0.15, 0.2) is 0 Å². The number of hydrogen-bond donors (Lipinski definition) is 0.